The van der Waals surface area contributed by atoms with Crippen molar-refractivity contribution in [1.82, 2.24) is 14.8 Å². The zero-order chi connectivity index (χ0) is 21.1. The van der Waals surface area contributed by atoms with Crippen molar-refractivity contribution in [2.75, 3.05) is 19.0 Å². The van der Waals surface area contributed by atoms with Gasteiger partial charge in [-0.2, -0.15) is 9.78 Å². The third-order valence-electron chi connectivity index (χ3n) is 4.47. The first-order valence-corrected chi connectivity index (χ1v) is 10.4. The molecule has 0 unspecified atom stereocenters. The van der Waals surface area contributed by atoms with E-state index in [0.29, 0.717) is 17.6 Å². The molecule has 0 bridgehead atoms. The Bertz CT molecular complexity index is 1180. The second-order valence-electron chi connectivity index (χ2n) is 6.69. The zero-order valence-electron chi connectivity index (χ0n) is 17.0. The Labute approximate surface area is 178 Å². The van der Waals surface area contributed by atoms with Crippen LogP contribution in [-0.4, -0.2) is 34.4 Å². The third-order valence-corrected chi connectivity index (χ3v) is 5.47. The Morgan fingerprint density at radius 1 is 1.20 bits per heavy atom. The van der Waals surface area contributed by atoms with Crippen molar-refractivity contribution in [3.8, 4) is 16.6 Å². The highest BCUT2D eigenvalue weighted by Crippen LogP contribution is 2.32. The molecule has 0 fully saturated rings. The fraction of sp³-hybridized carbons (Fsp3) is 0.227. The Morgan fingerprint density at radius 3 is 2.73 bits per heavy atom. The van der Waals surface area contributed by atoms with Crippen LogP contribution in [0.15, 0.2) is 48.5 Å². The number of hydrogen-bond donors (Lipinski definition) is 1. The predicted molar refractivity (Wildman–Crippen MR) is 118 cm³/mol. The first-order valence-electron chi connectivity index (χ1n) is 9.59. The largest absolute Gasteiger partial charge is 0.497 e. The summed E-state index contributed by atoms with van der Waals surface area (Å²) in [5.41, 5.74) is 2.49. The second kappa shape index (κ2) is 8.54. The van der Waals surface area contributed by atoms with Gasteiger partial charge in [0.25, 0.3) is 0 Å². The van der Waals surface area contributed by atoms with Crippen molar-refractivity contribution in [1.29, 1.82) is 0 Å². The molecule has 0 radical (unpaired) electrons. The number of carbonyl (C=O) groups excluding carboxylic acids is 1. The molecule has 0 atom stereocenters. The molecule has 1 amide bonds. The van der Waals surface area contributed by atoms with Crippen molar-refractivity contribution in [3.63, 3.8) is 0 Å². The topological polar surface area (TPSA) is 78.3 Å². The molecule has 154 valence electrons. The number of fused-ring (bicyclic) bond motifs is 1. The Kier molecular flexibility index (Phi) is 5.67. The summed E-state index contributed by atoms with van der Waals surface area (Å²) in [5.74, 6) is 1.96. The van der Waals surface area contributed by atoms with Gasteiger partial charge in [0.2, 0.25) is 11.0 Å². The number of hydrogen-bond acceptors (Lipinski definition) is 6. The lowest BCUT2D eigenvalue weighted by Gasteiger charge is -2.07. The van der Waals surface area contributed by atoms with Gasteiger partial charge in [-0.15, -0.1) is 0 Å². The molecule has 2 aromatic heterocycles. The first kappa shape index (κ1) is 19.9. The van der Waals surface area contributed by atoms with E-state index >= 15 is 0 Å². The molecule has 0 aliphatic carbocycles. The zero-order valence-corrected chi connectivity index (χ0v) is 17.8. The van der Waals surface area contributed by atoms with Gasteiger partial charge in [-0.1, -0.05) is 29.5 Å². The molecule has 2 heterocycles. The van der Waals surface area contributed by atoms with Crippen LogP contribution >= 0.6 is 11.3 Å². The van der Waals surface area contributed by atoms with E-state index in [4.69, 9.17) is 14.5 Å². The van der Waals surface area contributed by atoms with Crippen LogP contribution in [0, 0.1) is 6.92 Å². The van der Waals surface area contributed by atoms with Gasteiger partial charge in [0.1, 0.15) is 22.8 Å². The number of anilines is 1. The summed E-state index contributed by atoms with van der Waals surface area (Å²) in [6.45, 7) is 4.40. The van der Waals surface area contributed by atoms with Gasteiger partial charge in [-0.3, -0.25) is 4.79 Å². The van der Waals surface area contributed by atoms with E-state index < -0.39 is 0 Å². The van der Waals surface area contributed by atoms with Crippen LogP contribution in [0.3, 0.4) is 0 Å². The van der Waals surface area contributed by atoms with Crippen LogP contribution in [0.5, 0.6) is 11.5 Å². The molecule has 30 heavy (non-hydrogen) atoms. The van der Waals surface area contributed by atoms with E-state index in [1.54, 1.807) is 11.8 Å². The standard InChI is InChI=1S/C22H22N4O3S/c1-4-29-17-6-5-7-18-21(17)24-22(30-18)26-19(12-14(2)25-26)23-20(27)13-15-8-10-16(28-3)11-9-15/h5-12H,4,13H2,1-3H3,(H,23,27). The number of methoxy groups -OCH3 is 1. The highest BCUT2D eigenvalue weighted by Gasteiger charge is 2.16. The number of para-hydroxylation sites is 1. The summed E-state index contributed by atoms with van der Waals surface area (Å²) in [5, 5.41) is 8.16. The van der Waals surface area contributed by atoms with Crippen LogP contribution < -0.4 is 14.8 Å². The minimum atomic E-state index is -0.127. The molecular formula is C22H22N4O3S. The Morgan fingerprint density at radius 2 is 2.00 bits per heavy atom. The summed E-state index contributed by atoms with van der Waals surface area (Å²) in [6, 6.07) is 15.1. The van der Waals surface area contributed by atoms with Gasteiger partial charge in [0.15, 0.2) is 0 Å². The van der Waals surface area contributed by atoms with Crippen LogP contribution in [0.4, 0.5) is 5.82 Å². The number of benzene rings is 2. The van der Waals surface area contributed by atoms with Crippen molar-refractivity contribution >= 4 is 33.3 Å². The van der Waals surface area contributed by atoms with Gasteiger partial charge >= 0.3 is 0 Å². The quantitative estimate of drug-likeness (QED) is 0.478. The predicted octanol–water partition coefficient (Wildman–Crippen LogP) is 4.38. The molecule has 7 nitrogen and oxygen atoms in total. The molecule has 0 aliphatic rings. The lowest BCUT2D eigenvalue weighted by Crippen LogP contribution is -2.17. The molecule has 0 saturated heterocycles. The van der Waals surface area contributed by atoms with Gasteiger partial charge in [0.05, 0.1) is 30.5 Å². The molecule has 0 spiro atoms. The fourth-order valence-electron chi connectivity index (χ4n) is 3.12. The normalized spacial score (nSPS) is 10.9. The van der Waals surface area contributed by atoms with Gasteiger partial charge < -0.3 is 14.8 Å². The first-order chi connectivity index (χ1) is 14.6. The second-order valence-corrected chi connectivity index (χ2v) is 7.70. The van der Waals surface area contributed by atoms with Crippen LogP contribution in [0.2, 0.25) is 0 Å². The van der Waals surface area contributed by atoms with Crippen molar-refractivity contribution in [3.05, 3.63) is 59.8 Å². The average molecular weight is 423 g/mol. The fourth-order valence-corrected chi connectivity index (χ4v) is 4.07. The number of nitrogens with zero attached hydrogens (tertiary/aromatic N) is 3. The maximum atomic E-state index is 12.6. The number of aryl methyl sites for hydroxylation is 1. The monoisotopic (exact) mass is 422 g/mol. The third kappa shape index (κ3) is 4.13. The van der Waals surface area contributed by atoms with Gasteiger partial charge in [0, 0.05) is 6.07 Å². The van der Waals surface area contributed by atoms with Gasteiger partial charge in [-0.25, -0.2) is 4.98 Å². The number of nitrogens with one attached hydrogen (secondary N) is 1. The highest BCUT2D eigenvalue weighted by molar-refractivity contribution is 7.20. The van der Waals surface area contributed by atoms with Crippen molar-refractivity contribution in [2.45, 2.75) is 20.3 Å². The molecule has 8 heteroatoms. The summed E-state index contributed by atoms with van der Waals surface area (Å²) in [6.07, 6.45) is 0.253. The number of carbonyl (C=O) groups is 1. The van der Waals surface area contributed by atoms with E-state index in [9.17, 15) is 4.79 Å². The van der Waals surface area contributed by atoms with Crippen molar-refractivity contribution < 1.29 is 14.3 Å². The van der Waals surface area contributed by atoms with E-state index in [-0.39, 0.29) is 12.3 Å². The Hall–Kier alpha value is -3.39. The molecule has 4 rings (SSSR count). The summed E-state index contributed by atoms with van der Waals surface area (Å²) in [4.78, 5) is 17.3. The lowest BCUT2D eigenvalue weighted by atomic mass is 10.1. The van der Waals surface area contributed by atoms with Gasteiger partial charge in [-0.05, 0) is 43.7 Å². The number of thiazole rings is 1. The maximum Gasteiger partial charge on any atom is 0.229 e. The maximum absolute atomic E-state index is 12.6. The van der Waals surface area contributed by atoms with E-state index in [0.717, 1.165) is 33.0 Å². The van der Waals surface area contributed by atoms with E-state index in [1.807, 2.05) is 62.4 Å². The smallest absolute Gasteiger partial charge is 0.229 e. The number of amides is 1. The number of ether oxygens (including phenoxy) is 2. The minimum absolute atomic E-state index is 0.127. The van der Waals surface area contributed by atoms with Crippen LogP contribution in [-0.2, 0) is 11.2 Å². The summed E-state index contributed by atoms with van der Waals surface area (Å²) >= 11 is 1.50. The molecule has 2 aromatic carbocycles. The summed E-state index contributed by atoms with van der Waals surface area (Å²) < 4.78 is 13.5. The average Bonchev–Trinajstić information content (AvgIpc) is 3.32. The molecule has 4 aromatic rings. The number of rotatable bonds is 7. The molecule has 0 aliphatic heterocycles. The van der Waals surface area contributed by atoms with E-state index in [1.165, 1.54) is 11.3 Å². The minimum Gasteiger partial charge on any atom is -0.497 e. The number of aromatic nitrogens is 3. The molecule has 0 saturated carbocycles. The molecule has 1 N–H and O–H groups in total. The SMILES string of the molecule is CCOc1cccc2sc(-n3nc(C)cc3NC(=O)Cc3ccc(OC)cc3)nc12. The Balaban J connectivity index is 1.58. The van der Waals surface area contributed by atoms with Crippen molar-refractivity contribution in [2.24, 2.45) is 0 Å². The van der Waals surface area contributed by atoms with Crippen LogP contribution in [0.25, 0.3) is 15.3 Å². The van der Waals surface area contributed by atoms with Crippen LogP contribution in [0.1, 0.15) is 18.2 Å². The molecular weight excluding hydrogens is 400 g/mol. The summed E-state index contributed by atoms with van der Waals surface area (Å²) in [7, 11) is 1.62. The lowest BCUT2D eigenvalue weighted by molar-refractivity contribution is -0.115. The van der Waals surface area contributed by atoms with E-state index in [2.05, 4.69) is 10.4 Å². The highest BCUT2D eigenvalue weighted by atomic mass is 32.1.